The molecule has 182 valence electrons. The van der Waals surface area contributed by atoms with Gasteiger partial charge in [-0.3, -0.25) is 4.79 Å². The molecule has 0 spiro atoms. The van der Waals surface area contributed by atoms with E-state index >= 15 is 0 Å². The number of ketones is 1. The van der Waals surface area contributed by atoms with Gasteiger partial charge in [0.25, 0.3) is 0 Å². The van der Waals surface area contributed by atoms with Gasteiger partial charge in [-0.05, 0) is 48.4 Å². The van der Waals surface area contributed by atoms with E-state index in [0.717, 1.165) is 45.0 Å². The summed E-state index contributed by atoms with van der Waals surface area (Å²) in [7, 11) is 0. The highest BCUT2D eigenvalue weighted by Gasteiger charge is 2.27. The summed E-state index contributed by atoms with van der Waals surface area (Å²) >= 11 is 0. The SMILES string of the molecule is CCn1c2ccc(C(=O)c3ccccc3-c3ccccc3)cc2c2c3c(ccc21)/C(=N/OC(C)=O)CO3. The van der Waals surface area contributed by atoms with Crippen LogP contribution in [0.4, 0.5) is 0 Å². The Labute approximate surface area is 213 Å². The van der Waals surface area contributed by atoms with Crippen molar-refractivity contribution in [3.05, 3.63) is 102 Å². The first kappa shape index (κ1) is 22.7. The van der Waals surface area contributed by atoms with Crippen molar-refractivity contribution in [2.24, 2.45) is 5.16 Å². The number of aromatic nitrogens is 1. The van der Waals surface area contributed by atoms with Crippen molar-refractivity contribution < 1.29 is 19.2 Å². The van der Waals surface area contributed by atoms with Crippen molar-refractivity contribution in [1.82, 2.24) is 4.57 Å². The van der Waals surface area contributed by atoms with Crippen LogP contribution in [0.15, 0.2) is 90.1 Å². The van der Waals surface area contributed by atoms with Gasteiger partial charge in [0.05, 0.1) is 10.9 Å². The van der Waals surface area contributed by atoms with Gasteiger partial charge in [-0.1, -0.05) is 59.8 Å². The molecular weight excluding hydrogens is 464 g/mol. The molecule has 0 saturated heterocycles. The number of carbonyl (C=O) groups is 2. The van der Waals surface area contributed by atoms with E-state index in [1.807, 2.05) is 84.9 Å². The maximum Gasteiger partial charge on any atom is 0.331 e. The summed E-state index contributed by atoms with van der Waals surface area (Å²) in [5.74, 6) is 0.169. The third kappa shape index (κ3) is 3.78. The highest BCUT2D eigenvalue weighted by atomic mass is 16.7. The van der Waals surface area contributed by atoms with Gasteiger partial charge in [0.1, 0.15) is 18.1 Å². The molecule has 1 aliphatic rings. The van der Waals surface area contributed by atoms with E-state index in [1.54, 1.807) is 0 Å². The van der Waals surface area contributed by atoms with Crippen LogP contribution in [0.5, 0.6) is 5.75 Å². The van der Waals surface area contributed by atoms with E-state index in [2.05, 4.69) is 16.6 Å². The molecule has 5 aromatic rings. The Hall–Kier alpha value is -4.71. The van der Waals surface area contributed by atoms with Crippen LogP contribution in [-0.2, 0) is 16.2 Å². The maximum atomic E-state index is 13.8. The van der Waals surface area contributed by atoms with Crippen LogP contribution in [0, 0.1) is 0 Å². The zero-order valence-corrected chi connectivity index (χ0v) is 20.5. The number of benzene rings is 4. The predicted molar refractivity (Wildman–Crippen MR) is 144 cm³/mol. The fourth-order valence-corrected chi connectivity index (χ4v) is 5.14. The molecule has 0 unspecified atom stereocenters. The Morgan fingerprint density at radius 3 is 2.46 bits per heavy atom. The smallest absolute Gasteiger partial charge is 0.331 e. The normalized spacial score (nSPS) is 13.6. The lowest BCUT2D eigenvalue weighted by molar-refractivity contribution is -0.140. The van der Waals surface area contributed by atoms with E-state index in [-0.39, 0.29) is 12.4 Å². The number of hydrogen-bond donors (Lipinski definition) is 0. The first-order valence-electron chi connectivity index (χ1n) is 12.2. The second kappa shape index (κ2) is 9.06. The highest BCUT2D eigenvalue weighted by molar-refractivity contribution is 6.20. The minimum atomic E-state index is -0.483. The molecule has 0 saturated carbocycles. The second-order valence-electron chi connectivity index (χ2n) is 8.96. The third-order valence-electron chi connectivity index (χ3n) is 6.77. The Kier molecular flexibility index (Phi) is 5.57. The number of carbonyl (C=O) groups excluding carboxylic acids is 2. The summed E-state index contributed by atoms with van der Waals surface area (Å²) in [5.41, 5.74) is 6.55. The van der Waals surface area contributed by atoms with Gasteiger partial charge in [-0.15, -0.1) is 0 Å². The van der Waals surface area contributed by atoms with Crippen LogP contribution < -0.4 is 4.74 Å². The molecule has 0 atom stereocenters. The average molecular weight is 489 g/mol. The van der Waals surface area contributed by atoms with Crippen LogP contribution >= 0.6 is 0 Å². The number of hydrogen-bond acceptors (Lipinski definition) is 5. The minimum Gasteiger partial charge on any atom is -0.486 e. The third-order valence-corrected chi connectivity index (χ3v) is 6.77. The number of aryl methyl sites for hydroxylation is 1. The molecule has 6 nitrogen and oxygen atoms in total. The number of fused-ring (bicyclic) bond motifs is 5. The molecule has 0 aliphatic carbocycles. The average Bonchev–Trinajstić information content (AvgIpc) is 3.49. The van der Waals surface area contributed by atoms with Gasteiger partial charge in [0.2, 0.25) is 0 Å². The zero-order chi connectivity index (χ0) is 25.5. The Balaban J connectivity index is 1.52. The lowest BCUT2D eigenvalue weighted by Gasteiger charge is -2.10. The van der Waals surface area contributed by atoms with Crippen LogP contribution in [0.25, 0.3) is 32.9 Å². The van der Waals surface area contributed by atoms with Crippen molar-refractivity contribution in [1.29, 1.82) is 0 Å². The van der Waals surface area contributed by atoms with E-state index in [4.69, 9.17) is 9.57 Å². The van der Waals surface area contributed by atoms with Gasteiger partial charge >= 0.3 is 5.97 Å². The van der Waals surface area contributed by atoms with Crippen molar-refractivity contribution in [2.45, 2.75) is 20.4 Å². The van der Waals surface area contributed by atoms with Crippen LogP contribution in [0.1, 0.15) is 35.3 Å². The standard InChI is InChI=1S/C31H24N2O4/c1-3-33-27-15-13-21(30(35)23-12-8-7-11-22(23)20-9-5-4-6-10-20)17-25(27)29-28(33)16-14-24-26(18-36-31(24)29)32-37-19(2)34/h4-17H,3,18H2,1-2H3/b32-26+. The first-order chi connectivity index (χ1) is 18.1. The van der Waals surface area contributed by atoms with E-state index in [0.29, 0.717) is 22.6 Å². The molecule has 1 aromatic heterocycles. The largest absolute Gasteiger partial charge is 0.486 e. The van der Waals surface area contributed by atoms with Gasteiger partial charge in [-0.25, -0.2) is 4.79 Å². The molecule has 1 aliphatic heterocycles. The van der Waals surface area contributed by atoms with Gasteiger partial charge in [0, 0.05) is 41.1 Å². The molecule has 0 amide bonds. The fourth-order valence-electron chi connectivity index (χ4n) is 5.14. The summed E-state index contributed by atoms with van der Waals surface area (Å²) < 4.78 is 8.27. The molecular formula is C31H24N2O4. The molecule has 2 heterocycles. The number of nitrogens with zero attached hydrogens (tertiary/aromatic N) is 2. The molecule has 0 bridgehead atoms. The Bertz CT molecular complexity index is 1730. The highest BCUT2D eigenvalue weighted by Crippen LogP contribution is 2.41. The van der Waals surface area contributed by atoms with Crippen molar-refractivity contribution in [3.63, 3.8) is 0 Å². The molecule has 0 N–H and O–H groups in total. The van der Waals surface area contributed by atoms with E-state index in [1.165, 1.54) is 6.92 Å². The molecule has 6 heteroatoms. The van der Waals surface area contributed by atoms with Crippen LogP contribution in [0.2, 0.25) is 0 Å². The summed E-state index contributed by atoms with van der Waals surface area (Å²) in [6, 6.07) is 27.5. The molecule has 4 aromatic carbocycles. The molecule has 0 fully saturated rings. The Morgan fingerprint density at radius 2 is 1.68 bits per heavy atom. The first-order valence-corrected chi connectivity index (χ1v) is 12.2. The molecule has 37 heavy (non-hydrogen) atoms. The zero-order valence-electron chi connectivity index (χ0n) is 20.5. The second-order valence-corrected chi connectivity index (χ2v) is 8.96. The quantitative estimate of drug-likeness (QED) is 0.164. The number of rotatable bonds is 5. The number of ether oxygens (including phenoxy) is 1. The van der Waals surface area contributed by atoms with Crippen molar-refractivity contribution in [2.75, 3.05) is 6.61 Å². The minimum absolute atomic E-state index is 0.0376. The summed E-state index contributed by atoms with van der Waals surface area (Å²) in [6.07, 6.45) is 0. The maximum absolute atomic E-state index is 13.8. The van der Waals surface area contributed by atoms with Crippen LogP contribution in [0.3, 0.4) is 0 Å². The van der Waals surface area contributed by atoms with Gasteiger partial charge in [0.15, 0.2) is 5.78 Å². The lowest BCUT2D eigenvalue weighted by atomic mass is 9.93. The fraction of sp³-hybridized carbons (Fsp3) is 0.129. The number of oxime groups is 1. The Morgan fingerprint density at radius 1 is 0.919 bits per heavy atom. The summed E-state index contributed by atoms with van der Waals surface area (Å²) in [6.45, 7) is 4.38. The van der Waals surface area contributed by atoms with Crippen molar-refractivity contribution >= 4 is 39.3 Å². The summed E-state index contributed by atoms with van der Waals surface area (Å²) in [4.78, 5) is 30.0. The van der Waals surface area contributed by atoms with E-state index < -0.39 is 5.97 Å². The van der Waals surface area contributed by atoms with E-state index in [9.17, 15) is 9.59 Å². The summed E-state index contributed by atoms with van der Waals surface area (Å²) in [5, 5.41) is 5.84. The lowest BCUT2D eigenvalue weighted by Crippen LogP contribution is -2.05. The predicted octanol–water partition coefficient (Wildman–Crippen LogP) is 6.37. The van der Waals surface area contributed by atoms with Gasteiger partial charge in [-0.2, -0.15) is 0 Å². The molecule has 0 radical (unpaired) electrons. The van der Waals surface area contributed by atoms with Crippen molar-refractivity contribution in [3.8, 4) is 16.9 Å². The monoisotopic (exact) mass is 488 g/mol. The molecule has 6 rings (SSSR count). The van der Waals surface area contributed by atoms with Gasteiger partial charge < -0.3 is 14.1 Å². The topological polar surface area (TPSA) is 69.9 Å². The van der Waals surface area contributed by atoms with Crippen LogP contribution in [-0.4, -0.2) is 28.6 Å².